The van der Waals surface area contributed by atoms with Crippen molar-refractivity contribution in [1.29, 1.82) is 0 Å². The third-order valence-electron chi connectivity index (χ3n) is 2.37. The topological polar surface area (TPSA) is 46.5 Å². The molecule has 0 fully saturated rings. The Morgan fingerprint density at radius 2 is 2.12 bits per heavy atom. The zero-order valence-electron chi connectivity index (χ0n) is 10.0. The van der Waals surface area contributed by atoms with Gasteiger partial charge in [0.25, 0.3) is 0 Å². The minimum atomic E-state index is -0.948. The largest absolute Gasteiger partial charge is 0.496 e. The SMILES string of the molecule is COc1ccc(Br)cc1/C(=C/C(=O)O)C(C)C. The van der Waals surface area contributed by atoms with Gasteiger partial charge < -0.3 is 9.84 Å². The van der Waals surface area contributed by atoms with Gasteiger partial charge in [0.1, 0.15) is 5.75 Å². The average molecular weight is 299 g/mol. The Bertz CT molecular complexity index is 450. The third-order valence-corrected chi connectivity index (χ3v) is 2.87. The molecule has 0 aliphatic heterocycles. The van der Waals surface area contributed by atoms with E-state index >= 15 is 0 Å². The van der Waals surface area contributed by atoms with Crippen LogP contribution in [0.5, 0.6) is 5.75 Å². The van der Waals surface area contributed by atoms with Crippen molar-refractivity contribution < 1.29 is 14.6 Å². The van der Waals surface area contributed by atoms with Gasteiger partial charge in [0, 0.05) is 16.1 Å². The molecule has 4 heteroatoms. The lowest BCUT2D eigenvalue weighted by molar-refractivity contribution is -0.131. The number of allylic oxidation sites excluding steroid dienone is 1. The van der Waals surface area contributed by atoms with Crippen LogP contribution in [0.3, 0.4) is 0 Å². The van der Waals surface area contributed by atoms with E-state index in [1.807, 2.05) is 32.0 Å². The van der Waals surface area contributed by atoms with E-state index in [-0.39, 0.29) is 5.92 Å². The zero-order chi connectivity index (χ0) is 13.0. The molecule has 1 aromatic carbocycles. The van der Waals surface area contributed by atoms with Gasteiger partial charge in [0.15, 0.2) is 0 Å². The molecule has 92 valence electrons. The zero-order valence-corrected chi connectivity index (χ0v) is 11.6. The smallest absolute Gasteiger partial charge is 0.328 e. The minimum Gasteiger partial charge on any atom is -0.496 e. The van der Waals surface area contributed by atoms with Gasteiger partial charge in [-0.2, -0.15) is 0 Å². The number of benzene rings is 1. The molecule has 0 saturated carbocycles. The molecule has 1 aromatic rings. The van der Waals surface area contributed by atoms with Crippen LogP contribution in [0.2, 0.25) is 0 Å². The lowest BCUT2D eigenvalue weighted by Gasteiger charge is -2.15. The molecular weight excluding hydrogens is 284 g/mol. The molecule has 1 N–H and O–H groups in total. The molecule has 0 radical (unpaired) electrons. The normalized spacial score (nSPS) is 11.7. The van der Waals surface area contributed by atoms with E-state index in [0.717, 1.165) is 15.6 Å². The first kappa shape index (κ1) is 13.8. The lowest BCUT2D eigenvalue weighted by Crippen LogP contribution is -2.01. The van der Waals surface area contributed by atoms with Crippen molar-refractivity contribution in [3.8, 4) is 5.75 Å². The van der Waals surface area contributed by atoms with Crippen LogP contribution in [0.25, 0.3) is 5.57 Å². The van der Waals surface area contributed by atoms with Crippen molar-refractivity contribution in [2.75, 3.05) is 7.11 Å². The Balaban J connectivity index is 3.36. The molecule has 1 rings (SSSR count). The van der Waals surface area contributed by atoms with Crippen LogP contribution in [0, 0.1) is 5.92 Å². The summed E-state index contributed by atoms with van der Waals surface area (Å²) >= 11 is 3.38. The van der Waals surface area contributed by atoms with Crippen LogP contribution < -0.4 is 4.74 Å². The quantitative estimate of drug-likeness (QED) is 0.864. The first-order valence-electron chi connectivity index (χ1n) is 5.24. The highest BCUT2D eigenvalue weighted by Crippen LogP contribution is 2.33. The molecule has 17 heavy (non-hydrogen) atoms. The summed E-state index contributed by atoms with van der Waals surface area (Å²) in [6.07, 6.45) is 1.23. The summed E-state index contributed by atoms with van der Waals surface area (Å²) in [5.74, 6) is -0.167. The van der Waals surface area contributed by atoms with E-state index in [4.69, 9.17) is 9.84 Å². The number of methoxy groups -OCH3 is 1. The van der Waals surface area contributed by atoms with Crippen molar-refractivity contribution in [3.63, 3.8) is 0 Å². The van der Waals surface area contributed by atoms with Crippen LogP contribution in [0.15, 0.2) is 28.7 Å². The van der Waals surface area contributed by atoms with Crippen LogP contribution >= 0.6 is 15.9 Å². The second-order valence-corrected chi connectivity index (χ2v) is 4.85. The van der Waals surface area contributed by atoms with Crippen molar-refractivity contribution in [1.82, 2.24) is 0 Å². The maximum Gasteiger partial charge on any atom is 0.328 e. The Morgan fingerprint density at radius 1 is 1.47 bits per heavy atom. The fourth-order valence-corrected chi connectivity index (χ4v) is 1.96. The minimum absolute atomic E-state index is 0.106. The first-order chi connectivity index (χ1) is 7.95. The fourth-order valence-electron chi connectivity index (χ4n) is 1.59. The maximum absolute atomic E-state index is 10.8. The second-order valence-electron chi connectivity index (χ2n) is 3.94. The molecule has 0 aliphatic carbocycles. The summed E-state index contributed by atoms with van der Waals surface area (Å²) in [7, 11) is 1.57. The standard InChI is InChI=1S/C13H15BrO3/c1-8(2)10(7-13(15)16)11-6-9(14)4-5-12(11)17-3/h4-8H,1-3H3,(H,15,16)/b10-7+. The molecule has 0 heterocycles. The molecule has 0 saturated heterocycles. The van der Waals surface area contributed by atoms with E-state index in [9.17, 15) is 4.79 Å². The number of carboxylic acids is 1. The molecule has 0 unspecified atom stereocenters. The Morgan fingerprint density at radius 3 is 2.59 bits per heavy atom. The van der Waals surface area contributed by atoms with Crippen molar-refractivity contribution >= 4 is 27.5 Å². The van der Waals surface area contributed by atoms with E-state index < -0.39 is 5.97 Å². The van der Waals surface area contributed by atoms with Gasteiger partial charge in [-0.1, -0.05) is 29.8 Å². The van der Waals surface area contributed by atoms with Gasteiger partial charge in [-0.25, -0.2) is 4.79 Å². The van der Waals surface area contributed by atoms with Gasteiger partial charge in [0.2, 0.25) is 0 Å². The number of ether oxygens (including phenoxy) is 1. The van der Waals surface area contributed by atoms with Crippen LogP contribution in [-0.4, -0.2) is 18.2 Å². The van der Waals surface area contributed by atoms with E-state index in [1.165, 1.54) is 6.08 Å². The van der Waals surface area contributed by atoms with E-state index in [0.29, 0.717) is 5.75 Å². The van der Waals surface area contributed by atoms with Crippen molar-refractivity contribution in [2.45, 2.75) is 13.8 Å². The summed E-state index contributed by atoms with van der Waals surface area (Å²) in [6, 6.07) is 5.55. The molecule has 0 amide bonds. The van der Waals surface area contributed by atoms with Crippen LogP contribution in [0.1, 0.15) is 19.4 Å². The highest BCUT2D eigenvalue weighted by atomic mass is 79.9. The van der Waals surface area contributed by atoms with Gasteiger partial charge in [-0.3, -0.25) is 0 Å². The third kappa shape index (κ3) is 3.60. The summed E-state index contributed by atoms with van der Waals surface area (Å²) in [5.41, 5.74) is 1.55. The molecular formula is C13H15BrO3. The Labute approximate surface area is 109 Å². The van der Waals surface area contributed by atoms with Gasteiger partial charge in [-0.05, 0) is 29.7 Å². The number of carboxylic acid groups (broad SMARTS) is 1. The molecule has 0 aliphatic rings. The Kier molecular flexibility index (Phi) is 4.75. The van der Waals surface area contributed by atoms with E-state index in [2.05, 4.69) is 15.9 Å². The van der Waals surface area contributed by atoms with Gasteiger partial charge >= 0.3 is 5.97 Å². The van der Waals surface area contributed by atoms with E-state index in [1.54, 1.807) is 7.11 Å². The summed E-state index contributed by atoms with van der Waals surface area (Å²) < 4.78 is 6.15. The summed E-state index contributed by atoms with van der Waals surface area (Å²) in [6.45, 7) is 3.91. The molecule has 0 atom stereocenters. The van der Waals surface area contributed by atoms with Crippen LogP contribution in [-0.2, 0) is 4.79 Å². The average Bonchev–Trinajstić information content (AvgIpc) is 2.25. The predicted molar refractivity (Wildman–Crippen MR) is 71.1 cm³/mol. The fraction of sp³-hybridized carbons (Fsp3) is 0.308. The number of hydrogen-bond acceptors (Lipinski definition) is 2. The molecule has 3 nitrogen and oxygen atoms in total. The number of rotatable bonds is 4. The predicted octanol–water partition coefficient (Wildman–Crippen LogP) is 3.58. The lowest BCUT2D eigenvalue weighted by atomic mass is 9.94. The second kappa shape index (κ2) is 5.87. The number of hydrogen-bond donors (Lipinski definition) is 1. The van der Waals surface area contributed by atoms with Gasteiger partial charge in [-0.15, -0.1) is 0 Å². The Hall–Kier alpha value is -1.29. The summed E-state index contributed by atoms with van der Waals surface area (Å²) in [4.78, 5) is 10.8. The number of carbonyl (C=O) groups is 1. The monoisotopic (exact) mass is 298 g/mol. The number of halogens is 1. The van der Waals surface area contributed by atoms with Crippen LogP contribution in [0.4, 0.5) is 0 Å². The first-order valence-corrected chi connectivity index (χ1v) is 6.03. The highest BCUT2D eigenvalue weighted by molar-refractivity contribution is 9.10. The maximum atomic E-state index is 10.8. The van der Waals surface area contributed by atoms with Crippen molar-refractivity contribution in [3.05, 3.63) is 34.3 Å². The molecule has 0 spiro atoms. The molecule has 0 bridgehead atoms. The van der Waals surface area contributed by atoms with Crippen molar-refractivity contribution in [2.24, 2.45) is 5.92 Å². The number of aliphatic carboxylic acids is 1. The molecule has 0 aromatic heterocycles. The highest BCUT2D eigenvalue weighted by Gasteiger charge is 2.14. The van der Waals surface area contributed by atoms with Gasteiger partial charge in [0.05, 0.1) is 7.11 Å². The summed E-state index contributed by atoms with van der Waals surface area (Å²) in [5, 5.41) is 8.90.